The normalized spacial score (nSPS) is 32.1. The van der Waals surface area contributed by atoms with Gasteiger partial charge >= 0.3 is 0 Å². The van der Waals surface area contributed by atoms with E-state index >= 15 is 0 Å². The molecular weight excluding hydrogens is 259 g/mol. The van der Waals surface area contributed by atoms with E-state index in [2.05, 4.69) is 35.0 Å². The van der Waals surface area contributed by atoms with Crippen LogP contribution in [-0.4, -0.2) is 4.83 Å². The van der Waals surface area contributed by atoms with Crippen LogP contribution in [0.25, 0.3) is 0 Å². The Labute approximate surface area is 98.8 Å². The van der Waals surface area contributed by atoms with Crippen LogP contribution in [0, 0.1) is 5.92 Å². The summed E-state index contributed by atoms with van der Waals surface area (Å²) < 4.78 is 0. The van der Waals surface area contributed by atoms with Gasteiger partial charge in [-0.15, -0.1) is 0 Å². The molecule has 2 rings (SSSR count). The third-order valence-electron chi connectivity index (χ3n) is 3.24. The molecule has 0 nitrogen and oxygen atoms in total. The van der Waals surface area contributed by atoms with Crippen LogP contribution in [0.15, 0.2) is 24.3 Å². The second kappa shape index (κ2) is 4.24. The first-order chi connectivity index (χ1) is 6.68. The monoisotopic (exact) mass is 272 g/mol. The van der Waals surface area contributed by atoms with Crippen LogP contribution in [-0.2, 0) is 0 Å². The van der Waals surface area contributed by atoms with Crippen LogP contribution in [0.4, 0.5) is 0 Å². The molecule has 0 N–H and O–H groups in total. The van der Waals surface area contributed by atoms with Crippen molar-refractivity contribution in [1.29, 1.82) is 0 Å². The van der Waals surface area contributed by atoms with Crippen LogP contribution >= 0.6 is 27.5 Å². The minimum Gasteiger partial charge on any atom is -0.0888 e. The van der Waals surface area contributed by atoms with Crippen molar-refractivity contribution in [2.24, 2.45) is 5.92 Å². The number of benzene rings is 1. The first-order valence-corrected chi connectivity index (χ1v) is 6.37. The number of rotatable bonds is 1. The maximum atomic E-state index is 6.00. The van der Waals surface area contributed by atoms with Gasteiger partial charge in [-0.3, -0.25) is 0 Å². The van der Waals surface area contributed by atoms with E-state index in [1.54, 1.807) is 0 Å². The van der Waals surface area contributed by atoms with Crippen LogP contribution in [0.3, 0.4) is 0 Å². The van der Waals surface area contributed by atoms with Gasteiger partial charge in [0.15, 0.2) is 0 Å². The molecule has 0 amide bonds. The van der Waals surface area contributed by atoms with E-state index in [0.717, 1.165) is 5.02 Å². The van der Waals surface area contributed by atoms with Gasteiger partial charge in [0.2, 0.25) is 0 Å². The lowest BCUT2D eigenvalue weighted by Gasteiger charge is -2.17. The Bertz CT molecular complexity index is 324. The fourth-order valence-corrected chi connectivity index (χ4v) is 3.16. The molecule has 1 aromatic rings. The molecule has 1 saturated carbocycles. The summed E-state index contributed by atoms with van der Waals surface area (Å²) >= 11 is 9.72. The van der Waals surface area contributed by atoms with Crippen LogP contribution in [0.5, 0.6) is 0 Å². The number of hydrogen-bond donors (Lipinski definition) is 0. The second-order valence-electron chi connectivity index (χ2n) is 4.11. The van der Waals surface area contributed by atoms with Crippen LogP contribution < -0.4 is 0 Å². The Morgan fingerprint density at radius 1 is 1.36 bits per heavy atom. The predicted octanol–water partition coefficient (Wildman–Crippen LogP) is 4.62. The maximum absolute atomic E-state index is 6.00. The van der Waals surface area contributed by atoms with E-state index in [1.807, 2.05) is 12.1 Å². The SMILES string of the molecule is CC1C(Br)CCC1c1cccc(Cl)c1. The highest BCUT2D eigenvalue weighted by atomic mass is 79.9. The molecule has 1 aliphatic carbocycles. The summed E-state index contributed by atoms with van der Waals surface area (Å²) in [6, 6.07) is 8.29. The number of halogens is 2. The van der Waals surface area contributed by atoms with E-state index in [0.29, 0.717) is 16.7 Å². The topological polar surface area (TPSA) is 0 Å². The minimum absolute atomic E-state index is 0.673. The zero-order chi connectivity index (χ0) is 10.1. The molecule has 14 heavy (non-hydrogen) atoms. The molecule has 0 spiro atoms. The third kappa shape index (κ3) is 1.99. The molecule has 1 aliphatic rings. The minimum atomic E-state index is 0.673. The Kier molecular flexibility index (Phi) is 3.18. The van der Waals surface area contributed by atoms with Crippen molar-refractivity contribution in [3.63, 3.8) is 0 Å². The molecule has 1 fully saturated rings. The highest BCUT2D eigenvalue weighted by Gasteiger charge is 2.31. The summed E-state index contributed by atoms with van der Waals surface area (Å²) in [4.78, 5) is 0.673. The maximum Gasteiger partial charge on any atom is 0.0408 e. The molecule has 3 unspecified atom stereocenters. The first-order valence-electron chi connectivity index (χ1n) is 5.08. The third-order valence-corrected chi connectivity index (χ3v) is 4.76. The average molecular weight is 274 g/mol. The van der Waals surface area contributed by atoms with Crippen LogP contribution in [0.2, 0.25) is 5.02 Å². The van der Waals surface area contributed by atoms with Gasteiger partial charge in [-0.2, -0.15) is 0 Å². The summed E-state index contributed by atoms with van der Waals surface area (Å²) in [7, 11) is 0. The lowest BCUT2D eigenvalue weighted by Crippen LogP contribution is -2.08. The molecule has 0 aromatic heterocycles. The Hall–Kier alpha value is -0.0100. The first kappa shape index (κ1) is 10.5. The van der Waals surface area contributed by atoms with E-state index in [4.69, 9.17) is 11.6 Å². The van der Waals surface area contributed by atoms with Crippen molar-refractivity contribution in [3.05, 3.63) is 34.9 Å². The lowest BCUT2D eigenvalue weighted by molar-refractivity contribution is 0.545. The van der Waals surface area contributed by atoms with Crippen molar-refractivity contribution in [2.45, 2.75) is 30.5 Å². The quantitative estimate of drug-likeness (QED) is 0.655. The summed E-state index contributed by atoms with van der Waals surface area (Å²) in [5.41, 5.74) is 1.40. The summed E-state index contributed by atoms with van der Waals surface area (Å²) in [5, 5.41) is 0.854. The largest absolute Gasteiger partial charge is 0.0888 e. The van der Waals surface area contributed by atoms with E-state index in [1.165, 1.54) is 18.4 Å². The van der Waals surface area contributed by atoms with Crippen molar-refractivity contribution in [1.82, 2.24) is 0 Å². The molecular formula is C12H14BrCl. The van der Waals surface area contributed by atoms with Crippen LogP contribution in [0.1, 0.15) is 31.2 Å². The number of alkyl halides is 1. The zero-order valence-corrected chi connectivity index (χ0v) is 10.6. The molecule has 0 radical (unpaired) electrons. The van der Waals surface area contributed by atoms with Gasteiger partial charge in [0.1, 0.15) is 0 Å². The van der Waals surface area contributed by atoms with Gasteiger partial charge in [0.05, 0.1) is 0 Å². The average Bonchev–Trinajstić information content (AvgIpc) is 2.48. The smallest absolute Gasteiger partial charge is 0.0408 e. The lowest BCUT2D eigenvalue weighted by atomic mass is 9.90. The predicted molar refractivity (Wildman–Crippen MR) is 65.3 cm³/mol. The summed E-state index contributed by atoms with van der Waals surface area (Å²) in [5.74, 6) is 1.39. The van der Waals surface area contributed by atoms with E-state index < -0.39 is 0 Å². The van der Waals surface area contributed by atoms with Crippen molar-refractivity contribution >= 4 is 27.5 Å². The molecule has 2 heteroatoms. The van der Waals surface area contributed by atoms with E-state index in [9.17, 15) is 0 Å². The fraction of sp³-hybridized carbons (Fsp3) is 0.500. The Morgan fingerprint density at radius 2 is 2.14 bits per heavy atom. The summed E-state index contributed by atoms with van der Waals surface area (Å²) in [6.07, 6.45) is 2.55. The zero-order valence-electron chi connectivity index (χ0n) is 8.21. The molecule has 0 bridgehead atoms. The highest BCUT2D eigenvalue weighted by molar-refractivity contribution is 9.09. The molecule has 3 atom stereocenters. The number of hydrogen-bond acceptors (Lipinski definition) is 0. The van der Waals surface area contributed by atoms with Crippen molar-refractivity contribution in [2.75, 3.05) is 0 Å². The molecule has 0 aliphatic heterocycles. The Morgan fingerprint density at radius 3 is 2.71 bits per heavy atom. The molecule has 0 saturated heterocycles. The molecule has 76 valence electrons. The molecule has 0 heterocycles. The van der Waals surface area contributed by atoms with E-state index in [-0.39, 0.29) is 0 Å². The fourth-order valence-electron chi connectivity index (χ4n) is 2.32. The van der Waals surface area contributed by atoms with Crippen molar-refractivity contribution in [3.8, 4) is 0 Å². The van der Waals surface area contributed by atoms with Gasteiger partial charge < -0.3 is 0 Å². The summed E-state index contributed by atoms with van der Waals surface area (Å²) in [6.45, 7) is 2.32. The Balaban J connectivity index is 2.23. The van der Waals surface area contributed by atoms with Gasteiger partial charge in [0, 0.05) is 9.85 Å². The second-order valence-corrected chi connectivity index (χ2v) is 5.73. The highest BCUT2D eigenvalue weighted by Crippen LogP contribution is 2.43. The van der Waals surface area contributed by atoms with Gasteiger partial charge in [0.25, 0.3) is 0 Å². The van der Waals surface area contributed by atoms with Gasteiger partial charge in [-0.05, 0) is 42.4 Å². The standard InChI is InChI=1S/C12H14BrCl/c1-8-11(5-6-12(8)13)9-3-2-4-10(14)7-9/h2-4,7-8,11-12H,5-6H2,1H3. The van der Waals surface area contributed by atoms with Gasteiger partial charge in [-0.25, -0.2) is 0 Å². The van der Waals surface area contributed by atoms with Gasteiger partial charge in [-0.1, -0.05) is 46.6 Å². The van der Waals surface area contributed by atoms with Crippen molar-refractivity contribution < 1.29 is 0 Å². The molecule has 1 aromatic carbocycles.